The monoisotopic (exact) mass is 438 g/mol. The number of carbonyl (C=O) groups excluding carboxylic acids is 5. The van der Waals surface area contributed by atoms with Crippen LogP contribution in [0.3, 0.4) is 0 Å². The van der Waals surface area contributed by atoms with Crippen LogP contribution >= 0.6 is 0 Å². The van der Waals surface area contributed by atoms with E-state index in [-0.39, 0.29) is 42.1 Å². The molecule has 0 aromatic heterocycles. The van der Waals surface area contributed by atoms with Crippen molar-refractivity contribution >= 4 is 35.6 Å². The molecule has 0 spiro atoms. The van der Waals surface area contributed by atoms with E-state index in [1.54, 1.807) is 38.1 Å². The molecule has 168 valence electrons. The zero-order valence-electron chi connectivity index (χ0n) is 18.3. The molecule has 0 bridgehead atoms. The number of aldehydes is 1. The Morgan fingerprint density at radius 2 is 2.03 bits per heavy atom. The molecule has 9 heteroatoms. The van der Waals surface area contributed by atoms with Crippen LogP contribution in [0.2, 0.25) is 0 Å². The van der Waals surface area contributed by atoms with Crippen LogP contribution in [0.25, 0.3) is 0 Å². The standard InChI is InChI=1S/C23H26N4O5/c1-5-7-14(2)25-15(3)21(30)24-12-16-8-6-9-17(18(16)13-28)23(32)27(4)19-10-11-20(29)26-22(19)31/h5-9,13,19H,1,10-12H2,2-4H3,(H,24,30)(H,26,29,31)/b14-7+,25-15?. The van der Waals surface area contributed by atoms with Crippen LogP contribution in [0, 0.1) is 0 Å². The lowest BCUT2D eigenvalue weighted by Gasteiger charge is -2.30. The number of nitrogens with zero attached hydrogens (tertiary/aromatic N) is 2. The van der Waals surface area contributed by atoms with E-state index < -0.39 is 23.8 Å². The molecule has 0 aliphatic carbocycles. The van der Waals surface area contributed by atoms with Gasteiger partial charge in [0.05, 0.1) is 5.56 Å². The van der Waals surface area contributed by atoms with Gasteiger partial charge in [-0.05, 0) is 38.0 Å². The summed E-state index contributed by atoms with van der Waals surface area (Å²) in [7, 11) is 1.45. The van der Waals surface area contributed by atoms with E-state index in [4.69, 9.17) is 0 Å². The van der Waals surface area contributed by atoms with Gasteiger partial charge in [-0.3, -0.25) is 34.3 Å². The van der Waals surface area contributed by atoms with Crippen molar-refractivity contribution in [1.82, 2.24) is 15.5 Å². The van der Waals surface area contributed by atoms with Gasteiger partial charge in [-0.2, -0.15) is 0 Å². The maximum atomic E-state index is 13.0. The molecule has 1 saturated heterocycles. The summed E-state index contributed by atoms with van der Waals surface area (Å²) >= 11 is 0. The molecule has 4 amide bonds. The molecule has 0 radical (unpaired) electrons. The minimum Gasteiger partial charge on any atom is -0.347 e. The Balaban J connectivity index is 2.20. The van der Waals surface area contributed by atoms with Crippen molar-refractivity contribution < 1.29 is 24.0 Å². The highest BCUT2D eigenvalue weighted by Gasteiger charge is 2.33. The average molecular weight is 438 g/mol. The third-order valence-electron chi connectivity index (χ3n) is 5.01. The highest BCUT2D eigenvalue weighted by atomic mass is 16.2. The fourth-order valence-electron chi connectivity index (χ4n) is 3.30. The number of amides is 4. The Labute approximate surface area is 186 Å². The smallest absolute Gasteiger partial charge is 0.265 e. The Hall–Kier alpha value is -3.88. The molecule has 2 rings (SSSR count). The summed E-state index contributed by atoms with van der Waals surface area (Å²) in [5.41, 5.74) is 1.52. The summed E-state index contributed by atoms with van der Waals surface area (Å²) in [6, 6.07) is 3.89. The fraction of sp³-hybridized carbons (Fsp3) is 0.304. The molecular formula is C23H26N4O5. The number of benzene rings is 1. The first kappa shape index (κ1) is 24.4. The number of aliphatic imine (C=N–C) groups is 1. The zero-order valence-corrected chi connectivity index (χ0v) is 18.3. The average Bonchev–Trinajstić information content (AvgIpc) is 2.76. The third-order valence-corrected chi connectivity index (χ3v) is 5.01. The highest BCUT2D eigenvalue weighted by molar-refractivity contribution is 6.38. The summed E-state index contributed by atoms with van der Waals surface area (Å²) in [5.74, 6) is -1.88. The Bertz CT molecular complexity index is 1030. The Morgan fingerprint density at radius 1 is 1.31 bits per heavy atom. The van der Waals surface area contributed by atoms with Crippen molar-refractivity contribution in [2.75, 3.05) is 7.05 Å². The largest absolute Gasteiger partial charge is 0.347 e. The number of rotatable bonds is 8. The van der Waals surface area contributed by atoms with Gasteiger partial charge in [0.25, 0.3) is 11.8 Å². The van der Waals surface area contributed by atoms with Crippen LogP contribution in [-0.4, -0.2) is 53.6 Å². The SMILES string of the molecule is C=C/C=C(\C)N=C(C)C(=O)NCc1cccc(C(=O)N(C)C2CCC(=O)NC2=O)c1C=O. The molecule has 1 fully saturated rings. The Kier molecular flexibility index (Phi) is 8.34. The van der Waals surface area contributed by atoms with Gasteiger partial charge in [-0.1, -0.05) is 24.8 Å². The molecule has 1 atom stereocenters. The second kappa shape index (κ2) is 10.9. The van der Waals surface area contributed by atoms with E-state index in [1.807, 2.05) is 0 Å². The summed E-state index contributed by atoms with van der Waals surface area (Å²) < 4.78 is 0. The molecule has 1 aliphatic rings. The Morgan fingerprint density at radius 3 is 2.66 bits per heavy atom. The van der Waals surface area contributed by atoms with E-state index in [9.17, 15) is 24.0 Å². The molecule has 2 N–H and O–H groups in total. The molecule has 0 saturated carbocycles. The van der Waals surface area contributed by atoms with Crippen LogP contribution in [0.15, 0.2) is 47.6 Å². The lowest BCUT2D eigenvalue weighted by molar-refractivity contribution is -0.136. The van der Waals surface area contributed by atoms with E-state index in [1.165, 1.54) is 18.0 Å². The predicted molar refractivity (Wildman–Crippen MR) is 119 cm³/mol. The summed E-state index contributed by atoms with van der Waals surface area (Å²) in [5, 5.41) is 4.90. The molecule has 1 aromatic rings. The van der Waals surface area contributed by atoms with Gasteiger partial charge in [0.1, 0.15) is 11.8 Å². The van der Waals surface area contributed by atoms with Gasteiger partial charge in [0.2, 0.25) is 11.8 Å². The van der Waals surface area contributed by atoms with E-state index in [2.05, 4.69) is 22.2 Å². The minimum atomic E-state index is -0.811. The van der Waals surface area contributed by atoms with Crippen molar-refractivity contribution in [1.29, 1.82) is 0 Å². The first-order valence-electron chi connectivity index (χ1n) is 10.00. The first-order valence-corrected chi connectivity index (χ1v) is 10.00. The quantitative estimate of drug-likeness (QED) is 0.276. The van der Waals surface area contributed by atoms with Crippen LogP contribution < -0.4 is 10.6 Å². The molecule has 32 heavy (non-hydrogen) atoms. The van der Waals surface area contributed by atoms with Crippen LogP contribution in [0.1, 0.15) is 53.0 Å². The van der Waals surface area contributed by atoms with Crippen LogP contribution in [0.5, 0.6) is 0 Å². The maximum absolute atomic E-state index is 13.0. The number of imide groups is 1. The van der Waals surface area contributed by atoms with Crippen molar-refractivity contribution in [3.8, 4) is 0 Å². The summed E-state index contributed by atoms with van der Waals surface area (Å²) in [6.45, 7) is 6.87. The van der Waals surface area contributed by atoms with Crippen molar-refractivity contribution in [2.24, 2.45) is 4.99 Å². The van der Waals surface area contributed by atoms with Gasteiger partial charge in [0, 0.05) is 31.3 Å². The van der Waals surface area contributed by atoms with Crippen molar-refractivity contribution in [2.45, 2.75) is 39.3 Å². The molecule has 9 nitrogen and oxygen atoms in total. The molecule has 1 unspecified atom stereocenters. The topological polar surface area (TPSA) is 125 Å². The number of hydrogen-bond acceptors (Lipinski definition) is 6. The second-order valence-corrected chi connectivity index (χ2v) is 7.30. The van der Waals surface area contributed by atoms with Gasteiger partial charge < -0.3 is 10.2 Å². The van der Waals surface area contributed by atoms with Gasteiger partial charge >= 0.3 is 0 Å². The maximum Gasteiger partial charge on any atom is 0.265 e. The van der Waals surface area contributed by atoms with Gasteiger partial charge in [0.15, 0.2) is 6.29 Å². The minimum absolute atomic E-state index is 0.00718. The third kappa shape index (κ3) is 5.84. The number of piperidine rings is 1. The van der Waals surface area contributed by atoms with Crippen LogP contribution in [0.4, 0.5) is 0 Å². The zero-order chi connectivity index (χ0) is 23.8. The van der Waals surface area contributed by atoms with Crippen LogP contribution in [-0.2, 0) is 20.9 Å². The molecule has 1 aliphatic heterocycles. The van der Waals surface area contributed by atoms with E-state index >= 15 is 0 Å². The lowest BCUT2D eigenvalue weighted by Crippen LogP contribution is -2.53. The first-order chi connectivity index (χ1) is 15.2. The van der Waals surface area contributed by atoms with Crippen molar-refractivity contribution in [3.05, 3.63) is 59.3 Å². The van der Waals surface area contributed by atoms with Gasteiger partial charge in [-0.25, -0.2) is 0 Å². The number of nitrogens with one attached hydrogen (secondary N) is 2. The summed E-state index contributed by atoms with van der Waals surface area (Å²) in [6.07, 6.45) is 4.11. The van der Waals surface area contributed by atoms with Crippen molar-refractivity contribution in [3.63, 3.8) is 0 Å². The summed E-state index contributed by atoms with van der Waals surface area (Å²) in [4.78, 5) is 66.0. The van der Waals surface area contributed by atoms with E-state index in [0.29, 0.717) is 17.5 Å². The molecule has 1 heterocycles. The molecule has 1 aromatic carbocycles. The number of likely N-dealkylation sites (N-methyl/N-ethyl adjacent to an activating group) is 1. The predicted octanol–water partition coefficient (Wildman–Crippen LogP) is 1.54. The second-order valence-electron chi connectivity index (χ2n) is 7.30. The number of allylic oxidation sites excluding steroid dienone is 3. The fourth-order valence-corrected chi connectivity index (χ4v) is 3.30. The highest BCUT2D eigenvalue weighted by Crippen LogP contribution is 2.19. The number of hydrogen-bond donors (Lipinski definition) is 2. The van der Waals surface area contributed by atoms with E-state index in [0.717, 1.165) is 0 Å². The van der Waals surface area contributed by atoms with Gasteiger partial charge in [-0.15, -0.1) is 0 Å². The lowest BCUT2D eigenvalue weighted by atomic mass is 9.99. The normalized spacial score (nSPS) is 16.8. The molecular weight excluding hydrogens is 412 g/mol. The number of carbonyl (C=O) groups is 5.